The van der Waals surface area contributed by atoms with Crippen LogP contribution in [0.1, 0.15) is 226 Å². The molecule has 0 bridgehead atoms. The van der Waals surface area contributed by atoms with Crippen molar-refractivity contribution in [2.45, 2.75) is 232 Å². The topological polar surface area (TPSA) is 72.8 Å². The normalized spacial score (nSPS) is 12.9. The lowest BCUT2D eigenvalue weighted by Gasteiger charge is -2.15. The highest BCUT2D eigenvalue weighted by Gasteiger charge is 2.16. The zero-order valence-electron chi connectivity index (χ0n) is 38.5. The van der Waals surface area contributed by atoms with Gasteiger partial charge in [0.15, 0.2) is 6.10 Å². The summed E-state index contributed by atoms with van der Waals surface area (Å²) in [6, 6.07) is 0. The second-order valence-electron chi connectivity index (χ2n) is 16.2. The molecule has 0 aromatic carbocycles. The monoisotopic (exact) mass is 821 g/mol. The second-order valence-corrected chi connectivity index (χ2v) is 16.2. The van der Waals surface area contributed by atoms with Crippen LogP contribution in [0.2, 0.25) is 0 Å². The number of carbonyl (C=O) groups excluding carboxylic acids is 2. The first kappa shape index (κ1) is 56.1. The molecule has 0 aliphatic carbocycles. The van der Waals surface area contributed by atoms with Crippen LogP contribution in [0.15, 0.2) is 85.1 Å². The molecule has 1 atom stereocenters. The minimum Gasteiger partial charge on any atom is -0.462 e. The van der Waals surface area contributed by atoms with Gasteiger partial charge in [0.05, 0.1) is 6.61 Å². The van der Waals surface area contributed by atoms with Crippen LogP contribution in [0.5, 0.6) is 0 Å². The first-order valence-corrected chi connectivity index (χ1v) is 24.6. The molecule has 0 radical (unpaired) electrons. The molecule has 338 valence electrons. The summed E-state index contributed by atoms with van der Waals surface area (Å²) in [4.78, 5) is 24.4. The molecule has 5 nitrogen and oxygen atoms in total. The Labute approximate surface area is 365 Å². The van der Waals surface area contributed by atoms with Crippen molar-refractivity contribution in [3.05, 3.63) is 85.1 Å². The quantitative estimate of drug-likeness (QED) is 0.0376. The minimum absolute atomic E-state index is 0.0718. The van der Waals surface area contributed by atoms with Crippen LogP contribution in [-0.4, -0.2) is 36.4 Å². The van der Waals surface area contributed by atoms with Crippen molar-refractivity contribution in [2.24, 2.45) is 0 Å². The van der Waals surface area contributed by atoms with Crippen LogP contribution in [0.4, 0.5) is 0 Å². The van der Waals surface area contributed by atoms with E-state index in [1.54, 1.807) is 0 Å². The van der Waals surface area contributed by atoms with Crippen molar-refractivity contribution >= 4 is 11.9 Å². The van der Waals surface area contributed by atoms with E-state index in [2.05, 4.69) is 98.9 Å². The SMILES string of the molecule is CC/C=C\C/C=C\C/C=C\C/C=C\C/C=C\C/C=C\C/C=C\CCCCCCCCCC(=O)OC(CO)COC(=O)CCCCCCCCCCCCCCCCCC. The maximum Gasteiger partial charge on any atom is 0.306 e. The summed E-state index contributed by atoms with van der Waals surface area (Å²) in [5, 5.41) is 9.61. The molecule has 0 spiro atoms. The van der Waals surface area contributed by atoms with Crippen LogP contribution in [0.3, 0.4) is 0 Å². The molecule has 0 rings (SSSR count). The fourth-order valence-corrected chi connectivity index (χ4v) is 6.77. The number of ether oxygens (including phenoxy) is 2. The molecule has 1 unspecified atom stereocenters. The van der Waals surface area contributed by atoms with Gasteiger partial charge in [0, 0.05) is 12.8 Å². The average molecular weight is 821 g/mol. The Morgan fingerprint density at radius 3 is 1.10 bits per heavy atom. The highest BCUT2D eigenvalue weighted by molar-refractivity contribution is 5.70. The molecule has 0 aromatic rings. The minimum atomic E-state index is -0.781. The summed E-state index contributed by atoms with van der Waals surface area (Å²) in [6.07, 6.45) is 68.1. The van der Waals surface area contributed by atoms with Gasteiger partial charge in [-0.3, -0.25) is 9.59 Å². The van der Waals surface area contributed by atoms with E-state index in [1.165, 1.54) is 109 Å². The smallest absolute Gasteiger partial charge is 0.306 e. The van der Waals surface area contributed by atoms with E-state index < -0.39 is 6.10 Å². The lowest BCUT2D eigenvalue weighted by Crippen LogP contribution is -2.28. The molecule has 0 aliphatic rings. The van der Waals surface area contributed by atoms with Crippen molar-refractivity contribution in [1.82, 2.24) is 0 Å². The fraction of sp³-hybridized carbons (Fsp3) is 0.704. The van der Waals surface area contributed by atoms with E-state index in [9.17, 15) is 14.7 Å². The van der Waals surface area contributed by atoms with Crippen LogP contribution in [0, 0.1) is 0 Å². The van der Waals surface area contributed by atoms with E-state index >= 15 is 0 Å². The van der Waals surface area contributed by atoms with Gasteiger partial charge in [-0.15, -0.1) is 0 Å². The molecule has 0 fully saturated rings. The third kappa shape index (κ3) is 47.6. The van der Waals surface area contributed by atoms with Gasteiger partial charge < -0.3 is 14.6 Å². The molecule has 59 heavy (non-hydrogen) atoms. The molecule has 0 amide bonds. The molecule has 0 aliphatic heterocycles. The first-order valence-electron chi connectivity index (χ1n) is 24.6. The zero-order valence-corrected chi connectivity index (χ0v) is 38.5. The fourth-order valence-electron chi connectivity index (χ4n) is 6.77. The van der Waals surface area contributed by atoms with E-state index in [-0.39, 0.29) is 25.2 Å². The standard InChI is InChI=1S/C54H92O5/c1-3-5-7-9-11-13-15-17-19-21-22-23-24-25-26-27-28-29-30-31-32-33-35-37-39-41-43-45-47-49-54(57)59-52(50-55)51-58-53(56)48-46-44-42-40-38-36-34-20-18-16-14-12-10-8-6-4-2/h5,7,11,13,17,19,22-23,25-26,28-29,31-32,52,55H,3-4,6,8-10,12,14-16,18,20-21,24,27,30,33-51H2,1-2H3/b7-5-,13-11-,19-17-,23-22-,26-25-,29-28-,32-31-. The van der Waals surface area contributed by atoms with E-state index in [0.717, 1.165) is 89.9 Å². The van der Waals surface area contributed by atoms with Crippen molar-refractivity contribution < 1.29 is 24.2 Å². The van der Waals surface area contributed by atoms with Crippen molar-refractivity contribution in [3.8, 4) is 0 Å². The summed E-state index contributed by atoms with van der Waals surface area (Å²) < 4.78 is 10.7. The van der Waals surface area contributed by atoms with Gasteiger partial charge >= 0.3 is 11.9 Å². The Balaban J connectivity index is 3.58. The van der Waals surface area contributed by atoms with Crippen LogP contribution >= 0.6 is 0 Å². The molecule has 0 heterocycles. The Morgan fingerprint density at radius 1 is 0.407 bits per heavy atom. The molecule has 0 saturated heterocycles. The van der Waals surface area contributed by atoms with Gasteiger partial charge in [-0.05, 0) is 70.6 Å². The number of esters is 2. The van der Waals surface area contributed by atoms with E-state index in [0.29, 0.717) is 12.8 Å². The second kappa shape index (κ2) is 49.4. The first-order chi connectivity index (χ1) is 29.1. The van der Waals surface area contributed by atoms with Crippen molar-refractivity contribution in [3.63, 3.8) is 0 Å². The maximum absolute atomic E-state index is 12.3. The van der Waals surface area contributed by atoms with E-state index in [4.69, 9.17) is 9.47 Å². The molecular weight excluding hydrogens is 729 g/mol. The summed E-state index contributed by atoms with van der Waals surface area (Å²) in [5.74, 6) is -0.601. The van der Waals surface area contributed by atoms with Gasteiger partial charge in [-0.2, -0.15) is 0 Å². The Morgan fingerprint density at radius 2 is 0.729 bits per heavy atom. The molecular formula is C54H92O5. The number of allylic oxidation sites excluding steroid dienone is 14. The number of aliphatic hydroxyl groups is 1. The van der Waals surface area contributed by atoms with E-state index in [1.807, 2.05) is 0 Å². The summed E-state index contributed by atoms with van der Waals surface area (Å²) in [7, 11) is 0. The number of rotatable bonds is 44. The number of unbranched alkanes of at least 4 members (excludes halogenated alkanes) is 22. The Kier molecular flexibility index (Phi) is 47.0. The lowest BCUT2D eigenvalue weighted by molar-refractivity contribution is -0.161. The predicted molar refractivity (Wildman–Crippen MR) is 256 cm³/mol. The van der Waals surface area contributed by atoms with Gasteiger partial charge in [0.2, 0.25) is 0 Å². The molecule has 0 aromatic heterocycles. The predicted octanol–water partition coefficient (Wildman–Crippen LogP) is 16.2. The van der Waals surface area contributed by atoms with Crippen LogP contribution < -0.4 is 0 Å². The molecule has 0 saturated carbocycles. The summed E-state index contributed by atoms with van der Waals surface area (Å²) in [5.41, 5.74) is 0. The summed E-state index contributed by atoms with van der Waals surface area (Å²) in [6.45, 7) is 4.03. The highest BCUT2D eigenvalue weighted by atomic mass is 16.6. The number of aliphatic hydroxyl groups excluding tert-OH is 1. The molecule has 1 N–H and O–H groups in total. The third-order valence-electron chi connectivity index (χ3n) is 10.5. The van der Waals surface area contributed by atoms with Gasteiger partial charge in [0.25, 0.3) is 0 Å². The highest BCUT2D eigenvalue weighted by Crippen LogP contribution is 2.15. The Hall–Kier alpha value is -2.92. The number of carbonyl (C=O) groups is 2. The largest absolute Gasteiger partial charge is 0.462 e. The van der Waals surface area contributed by atoms with Crippen LogP contribution in [-0.2, 0) is 19.1 Å². The number of hydrogen-bond donors (Lipinski definition) is 1. The van der Waals surface area contributed by atoms with Gasteiger partial charge in [-0.25, -0.2) is 0 Å². The lowest BCUT2D eigenvalue weighted by atomic mass is 10.0. The third-order valence-corrected chi connectivity index (χ3v) is 10.5. The van der Waals surface area contributed by atoms with Gasteiger partial charge in [-0.1, -0.05) is 227 Å². The van der Waals surface area contributed by atoms with Gasteiger partial charge in [0.1, 0.15) is 6.61 Å². The Bertz CT molecular complexity index is 1110. The average Bonchev–Trinajstić information content (AvgIpc) is 3.24. The van der Waals surface area contributed by atoms with Crippen LogP contribution in [0.25, 0.3) is 0 Å². The summed E-state index contributed by atoms with van der Waals surface area (Å²) >= 11 is 0. The van der Waals surface area contributed by atoms with Crippen molar-refractivity contribution in [1.29, 1.82) is 0 Å². The maximum atomic E-state index is 12.3. The zero-order chi connectivity index (χ0) is 42.8. The molecule has 5 heteroatoms. The number of hydrogen-bond acceptors (Lipinski definition) is 5. The van der Waals surface area contributed by atoms with Crippen molar-refractivity contribution in [2.75, 3.05) is 13.2 Å².